The summed E-state index contributed by atoms with van der Waals surface area (Å²) in [5, 5.41) is 15.0. The van der Waals surface area contributed by atoms with Crippen LogP contribution in [0, 0.1) is 13.8 Å². The predicted octanol–water partition coefficient (Wildman–Crippen LogP) is 2.03. The average molecular weight is 489 g/mol. The molecule has 3 aromatic rings. The molecule has 0 unspecified atom stereocenters. The molecule has 0 spiro atoms. The van der Waals surface area contributed by atoms with Crippen LogP contribution in [0.15, 0.2) is 52.5 Å². The van der Waals surface area contributed by atoms with E-state index < -0.39 is 10.0 Å². The second-order valence-electron chi connectivity index (χ2n) is 7.49. The number of hydrogen-bond acceptors (Lipinski definition) is 8. The minimum absolute atomic E-state index is 0.0612. The number of thioether (sulfide) groups is 1. The first kappa shape index (κ1) is 23.4. The largest absolute Gasteiger partial charge is 0.379 e. The van der Waals surface area contributed by atoms with Crippen LogP contribution in [0.25, 0.3) is 5.69 Å². The summed E-state index contributed by atoms with van der Waals surface area (Å²) in [6.07, 6.45) is 0. The summed E-state index contributed by atoms with van der Waals surface area (Å²) in [5.74, 6) is -0.232. The maximum absolute atomic E-state index is 13.1. The van der Waals surface area contributed by atoms with Gasteiger partial charge in [0.05, 0.1) is 29.5 Å². The van der Waals surface area contributed by atoms with Gasteiger partial charge in [0, 0.05) is 18.8 Å². The molecule has 33 heavy (non-hydrogen) atoms. The first-order chi connectivity index (χ1) is 15.9. The second kappa shape index (κ2) is 10.00. The molecular formula is C21H24N6O4S2. The minimum Gasteiger partial charge on any atom is -0.379 e. The lowest BCUT2D eigenvalue weighted by Crippen LogP contribution is -2.40. The molecule has 12 heteroatoms. The normalized spacial score (nSPS) is 14.8. The number of hydrogen-bond donors (Lipinski definition) is 1. The van der Waals surface area contributed by atoms with Gasteiger partial charge in [-0.2, -0.15) is 8.99 Å². The lowest BCUT2D eigenvalue weighted by molar-refractivity contribution is -0.113. The van der Waals surface area contributed by atoms with Gasteiger partial charge in [-0.1, -0.05) is 36.0 Å². The maximum atomic E-state index is 13.1. The van der Waals surface area contributed by atoms with E-state index in [2.05, 4.69) is 20.8 Å². The second-order valence-corrected chi connectivity index (χ2v) is 10.3. The van der Waals surface area contributed by atoms with Gasteiger partial charge in [-0.05, 0) is 53.6 Å². The van der Waals surface area contributed by atoms with Crippen LogP contribution in [0.1, 0.15) is 11.1 Å². The molecule has 0 atom stereocenters. The summed E-state index contributed by atoms with van der Waals surface area (Å²) in [5.41, 5.74) is 2.87. The van der Waals surface area contributed by atoms with Gasteiger partial charge in [0.2, 0.25) is 21.1 Å². The molecular weight excluding hydrogens is 464 g/mol. The van der Waals surface area contributed by atoms with Crippen molar-refractivity contribution in [3.63, 3.8) is 0 Å². The molecule has 1 aromatic heterocycles. The van der Waals surface area contributed by atoms with E-state index in [1.54, 1.807) is 23.7 Å². The fourth-order valence-corrected chi connectivity index (χ4v) is 5.77. The quantitative estimate of drug-likeness (QED) is 0.502. The summed E-state index contributed by atoms with van der Waals surface area (Å²) in [6, 6.07) is 12.6. The van der Waals surface area contributed by atoms with Crippen molar-refractivity contribution in [2.24, 2.45) is 0 Å². The van der Waals surface area contributed by atoms with Gasteiger partial charge >= 0.3 is 0 Å². The summed E-state index contributed by atoms with van der Waals surface area (Å²) in [6.45, 7) is 5.05. The number of nitrogens with zero attached hydrogens (tertiary/aromatic N) is 5. The van der Waals surface area contributed by atoms with Gasteiger partial charge in [0.25, 0.3) is 0 Å². The number of morpholine rings is 1. The molecule has 2 aromatic carbocycles. The number of para-hydroxylation sites is 1. The van der Waals surface area contributed by atoms with Crippen molar-refractivity contribution < 1.29 is 17.9 Å². The molecule has 0 aliphatic carbocycles. The van der Waals surface area contributed by atoms with Gasteiger partial charge in [-0.15, -0.1) is 5.10 Å². The Morgan fingerprint density at radius 2 is 1.88 bits per heavy atom. The highest BCUT2D eigenvalue weighted by molar-refractivity contribution is 7.99. The number of aromatic nitrogens is 4. The van der Waals surface area contributed by atoms with E-state index in [1.807, 2.05) is 31.2 Å². The minimum atomic E-state index is -3.67. The Labute approximate surface area is 196 Å². The van der Waals surface area contributed by atoms with Crippen LogP contribution in [-0.2, 0) is 19.6 Å². The predicted molar refractivity (Wildman–Crippen MR) is 124 cm³/mol. The van der Waals surface area contributed by atoms with Crippen LogP contribution >= 0.6 is 11.8 Å². The molecule has 0 saturated carbocycles. The van der Waals surface area contributed by atoms with Gasteiger partial charge in [-0.3, -0.25) is 4.79 Å². The number of ether oxygens (including phenoxy) is 1. The number of anilines is 1. The molecule has 2 heterocycles. The van der Waals surface area contributed by atoms with E-state index in [0.29, 0.717) is 42.7 Å². The maximum Gasteiger partial charge on any atom is 0.243 e. The zero-order chi connectivity index (χ0) is 23.4. The first-order valence-corrected chi connectivity index (χ1v) is 12.7. The topological polar surface area (TPSA) is 119 Å². The Hall–Kier alpha value is -2.80. The molecule has 1 saturated heterocycles. The van der Waals surface area contributed by atoms with Crippen molar-refractivity contribution >= 4 is 33.4 Å². The molecule has 1 fully saturated rings. The van der Waals surface area contributed by atoms with Crippen molar-refractivity contribution in [2.45, 2.75) is 23.9 Å². The first-order valence-electron chi connectivity index (χ1n) is 10.3. The van der Waals surface area contributed by atoms with Crippen LogP contribution in [-0.4, -0.2) is 70.9 Å². The summed E-state index contributed by atoms with van der Waals surface area (Å²) < 4.78 is 34.4. The molecule has 0 bridgehead atoms. The highest BCUT2D eigenvalue weighted by atomic mass is 32.2. The number of amides is 1. The zero-order valence-corrected chi connectivity index (χ0v) is 19.9. The molecule has 10 nitrogen and oxygen atoms in total. The van der Waals surface area contributed by atoms with Crippen LogP contribution < -0.4 is 5.32 Å². The van der Waals surface area contributed by atoms with Gasteiger partial charge in [-0.25, -0.2) is 8.42 Å². The third-order valence-corrected chi connectivity index (χ3v) is 8.14. The number of aryl methyl sites for hydroxylation is 2. The number of rotatable bonds is 7. The molecule has 1 N–H and O–H groups in total. The van der Waals surface area contributed by atoms with Crippen molar-refractivity contribution in [2.75, 3.05) is 37.4 Å². The number of nitrogens with one attached hydrogen (secondary N) is 1. The van der Waals surface area contributed by atoms with Crippen LogP contribution in [0.2, 0.25) is 0 Å². The van der Waals surface area contributed by atoms with Crippen molar-refractivity contribution in [3.8, 4) is 5.69 Å². The third kappa shape index (κ3) is 5.24. The lowest BCUT2D eigenvalue weighted by atomic mass is 10.2. The fourth-order valence-electron chi connectivity index (χ4n) is 3.43. The molecule has 1 amide bonds. The SMILES string of the molecule is Cc1ccccc1-n1nnnc1SCC(=O)Nc1ccc(C)c(S(=O)(=O)N2CCOCC2)c1. The Kier molecular flexibility index (Phi) is 7.08. The molecule has 0 radical (unpaired) electrons. The monoisotopic (exact) mass is 488 g/mol. The average Bonchev–Trinajstić information content (AvgIpc) is 3.28. The van der Waals surface area contributed by atoms with Crippen molar-refractivity contribution in [1.82, 2.24) is 24.5 Å². The third-order valence-electron chi connectivity index (χ3n) is 5.18. The van der Waals surface area contributed by atoms with Gasteiger partial charge in [0.1, 0.15) is 0 Å². The lowest BCUT2D eigenvalue weighted by Gasteiger charge is -2.26. The Morgan fingerprint density at radius 3 is 2.64 bits per heavy atom. The van der Waals surface area contributed by atoms with Crippen LogP contribution in [0.4, 0.5) is 5.69 Å². The van der Waals surface area contributed by atoms with E-state index in [9.17, 15) is 13.2 Å². The number of carbonyl (C=O) groups is 1. The van der Waals surface area contributed by atoms with E-state index in [4.69, 9.17) is 4.74 Å². The van der Waals surface area contributed by atoms with Crippen LogP contribution in [0.5, 0.6) is 0 Å². The van der Waals surface area contributed by atoms with Crippen LogP contribution in [0.3, 0.4) is 0 Å². The standard InChI is InChI=1S/C21H24N6O4S2/c1-15-5-3-4-6-18(15)27-21(23-24-25-27)32-14-20(28)22-17-8-7-16(2)19(13-17)33(29,30)26-9-11-31-12-10-26/h3-8,13H,9-12,14H2,1-2H3,(H,22,28). The van der Waals surface area contributed by atoms with Crippen molar-refractivity contribution in [3.05, 3.63) is 53.6 Å². The number of carbonyl (C=O) groups excluding carboxylic acids is 1. The number of tetrazole rings is 1. The smallest absolute Gasteiger partial charge is 0.243 e. The Bertz CT molecular complexity index is 1260. The summed E-state index contributed by atoms with van der Waals surface area (Å²) >= 11 is 1.19. The molecule has 4 rings (SSSR count). The summed E-state index contributed by atoms with van der Waals surface area (Å²) in [7, 11) is -3.67. The highest BCUT2D eigenvalue weighted by Crippen LogP contribution is 2.25. The Balaban J connectivity index is 1.45. The van der Waals surface area contributed by atoms with E-state index >= 15 is 0 Å². The van der Waals surface area contributed by atoms with Gasteiger partial charge < -0.3 is 10.1 Å². The van der Waals surface area contributed by atoms with E-state index in [-0.39, 0.29) is 16.6 Å². The van der Waals surface area contributed by atoms with E-state index in [0.717, 1.165) is 11.3 Å². The summed E-state index contributed by atoms with van der Waals surface area (Å²) in [4.78, 5) is 12.8. The Morgan fingerprint density at radius 1 is 1.12 bits per heavy atom. The van der Waals surface area contributed by atoms with Gasteiger partial charge in [0.15, 0.2) is 0 Å². The molecule has 1 aliphatic heterocycles. The fraction of sp³-hybridized carbons (Fsp3) is 0.333. The van der Waals surface area contributed by atoms with Crippen molar-refractivity contribution in [1.29, 1.82) is 0 Å². The molecule has 1 aliphatic rings. The molecule has 174 valence electrons. The van der Waals surface area contributed by atoms with E-state index in [1.165, 1.54) is 22.1 Å². The highest BCUT2D eigenvalue weighted by Gasteiger charge is 2.28. The number of sulfonamides is 1. The number of benzene rings is 2. The zero-order valence-electron chi connectivity index (χ0n) is 18.3.